The van der Waals surface area contributed by atoms with Gasteiger partial charge in [-0.2, -0.15) is 0 Å². The summed E-state index contributed by atoms with van der Waals surface area (Å²) < 4.78 is 5.51. The number of carbonyl (C=O) groups excluding carboxylic acids is 1. The second-order valence-electron chi connectivity index (χ2n) is 5.08. The van der Waals surface area contributed by atoms with E-state index < -0.39 is 0 Å². The summed E-state index contributed by atoms with van der Waals surface area (Å²) in [7, 11) is 0. The molecule has 0 spiro atoms. The van der Waals surface area contributed by atoms with E-state index in [0.717, 1.165) is 12.2 Å². The van der Waals surface area contributed by atoms with Gasteiger partial charge in [0.2, 0.25) is 0 Å². The summed E-state index contributed by atoms with van der Waals surface area (Å²) in [6.07, 6.45) is 1.32. The number of Topliss-reactive ketones (excluding diaryl/α,β-unsaturated/α-hetero) is 1. The van der Waals surface area contributed by atoms with E-state index in [1.165, 1.54) is 0 Å². The fraction of sp³-hybridized carbons (Fsp3) is 0.500. The van der Waals surface area contributed by atoms with Crippen LogP contribution in [0, 0.1) is 5.41 Å². The van der Waals surface area contributed by atoms with Gasteiger partial charge in [0.25, 0.3) is 0 Å². The SMILES string of the molecule is CC(C)(C)C(=O)CCCOc1ccc(Cl)cc1. The smallest absolute Gasteiger partial charge is 0.138 e. The van der Waals surface area contributed by atoms with Crippen LogP contribution in [0.15, 0.2) is 24.3 Å². The Hall–Kier alpha value is -1.02. The number of rotatable bonds is 5. The molecule has 2 nitrogen and oxygen atoms in total. The standard InChI is InChI=1S/C14H19ClO2/c1-14(2,3)13(16)5-4-10-17-12-8-6-11(15)7-9-12/h6-9H,4-5,10H2,1-3H3. The van der Waals surface area contributed by atoms with Gasteiger partial charge in [-0.15, -0.1) is 0 Å². The van der Waals surface area contributed by atoms with Crippen molar-refractivity contribution in [3.05, 3.63) is 29.3 Å². The van der Waals surface area contributed by atoms with Crippen LogP contribution in [0.25, 0.3) is 0 Å². The second-order valence-corrected chi connectivity index (χ2v) is 5.52. The summed E-state index contributed by atoms with van der Waals surface area (Å²) in [5.74, 6) is 1.06. The highest BCUT2D eigenvalue weighted by Gasteiger charge is 2.20. The van der Waals surface area contributed by atoms with Crippen LogP contribution in [0.2, 0.25) is 5.02 Å². The number of ketones is 1. The summed E-state index contributed by atoms with van der Waals surface area (Å²) in [6.45, 7) is 6.38. The number of hydrogen-bond donors (Lipinski definition) is 0. The maximum Gasteiger partial charge on any atom is 0.138 e. The third-order valence-corrected chi connectivity index (χ3v) is 2.72. The van der Waals surface area contributed by atoms with E-state index in [1.54, 1.807) is 12.1 Å². The van der Waals surface area contributed by atoms with E-state index >= 15 is 0 Å². The van der Waals surface area contributed by atoms with Crippen LogP contribution in [0.4, 0.5) is 0 Å². The molecular formula is C14H19ClO2. The zero-order valence-electron chi connectivity index (χ0n) is 10.6. The van der Waals surface area contributed by atoms with Crippen molar-refractivity contribution in [3.8, 4) is 5.75 Å². The normalized spacial score (nSPS) is 11.3. The molecule has 0 saturated heterocycles. The second kappa shape index (κ2) is 6.06. The molecule has 0 amide bonds. The van der Waals surface area contributed by atoms with E-state index in [4.69, 9.17) is 16.3 Å². The highest BCUT2D eigenvalue weighted by molar-refractivity contribution is 6.30. The van der Waals surface area contributed by atoms with Crippen molar-refractivity contribution in [2.45, 2.75) is 33.6 Å². The van der Waals surface area contributed by atoms with E-state index in [0.29, 0.717) is 18.1 Å². The van der Waals surface area contributed by atoms with Gasteiger partial charge in [-0.1, -0.05) is 32.4 Å². The van der Waals surface area contributed by atoms with Gasteiger partial charge in [-0.3, -0.25) is 4.79 Å². The largest absolute Gasteiger partial charge is 0.494 e. The van der Waals surface area contributed by atoms with Gasteiger partial charge >= 0.3 is 0 Å². The molecule has 1 rings (SSSR count). The fourth-order valence-corrected chi connectivity index (χ4v) is 1.45. The van der Waals surface area contributed by atoms with E-state index in [1.807, 2.05) is 32.9 Å². The number of carbonyl (C=O) groups is 1. The zero-order valence-corrected chi connectivity index (χ0v) is 11.4. The quantitative estimate of drug-likeness (QED) is 0.739. The monoisotopic (exact) mass is 254 g/mol. The molecule has 0 aliphatic rings. The molecule has 0 aliphatic carbocycles. The third-order valence-electron chi connectivity index (χ3n) is 2.47. The lowest BCUT2D eigenvalue weighted by atomic mass is 9.88. The van der Waals surface area contributed by atoms with Crippen LogP contribution < -0.4 is 4.74 Å². The molecule has 0 N–H and O–H groups in total. The Kier molecular flexibility index (Phi) is 5.01. The lowest BCUT2D eigenvalue weighted by Crippen LogP contribution is -2.20. The average Bonchev–Trinajstić information content (AvgIpc) is 2.25. The van der Waals surface area contributed by atoms with Crippen molar-refractivity contribution < 1.29 is 9.53 Å². The van der Waals surface area contributed by atoms with Crippen LogP contribution in [0.3, 0.4) is 0 Å². The summed E-state index contributed by atoms with van der Waals surface area (Å²) in [4.78, 5) is 11.6. The molecule has 0 heterocycles. The van der Waals surface area contributed by atoms with Crippen LogP contribution >= 0.6 is 11.6 Å². The Morgan fingerprint density at radius 3 is 2.35 bits per heavy atom. The van der Waals surface area contributed by atoms with Gasteiger partial charge in [-0.25, -0.2) is 0 Å². The van der Waals surface area contributed by atoms with Crippen LogP contribution in [-0.2, 0) is 4.79 Å². The maximum absolute atomic E-state index is 11.6. The molecule has 0 bridgehead atoms. The minimum absolute atomic E-state index is 0.250. The highest BCUT2D eigenvalue weighted by atomic mass is 35.5. The van der Waals surface area contributed by atoms with Gasteiger partial charge in [-0.05, 0) is 30.7 Å². The summed E-state index contributed by atoms with van der Waals surface area (Å²) in [5.41, 5.74) is -0.250. The molecule has 1 aromatic rings. The minimum Gasteiger partial charge on any atom is -0.494 e. The van der Waals surface area contributed by atoms with Crippen LogP contribution in [0.1, 0.15) is 33.6 Å². The molecule has 0 aromatic heterocycles. The lowest BCUT2D eigenvalue weighted by molar-refractivity contribution is -0.126. The van der Waals surface area contributed by atoms with Crippen LogP contribution in [-0.4, -0.2) is 12.4 Å². The predicted molar refractivity (Wildman–Crippen MR) is 70.6 cm³/mol. The highest BCUT2D eigenvalue weighted by Crippen LogP contribution is 2.18. The minimum atomic E-state index is -0.250. The predicted octanol–water partition coefficient (Wildman–Crippen LogP) is 4.11. The Bertz CT molecular complexity index is 363. The molecule has 0 radical (unpaired) electrons. The first-order chi connectivity index (χ1) is 7.89. The van der Waals surface area contributed by atoms with Crippen molar-refractivity contribution in [2.75, 3.05) is 6.61 Å². The number of hydrogen-bond acceptors (Lipinski definition) is 2. The van der Waals surface area contributed by atoms with Gasteiger partial charge < -0.3 is 4.74 Å². The lowest BCUT2D eigenvalue weighted by Gasteiger charge is -2.16. The molecular weight excluding hydrogens is 236 g/mol. The van der Waals surface area contributed by atoms with Crippen molar-refractivity contribution in [1.82, 2.24) is 0 Å². The summed E-state index contributed by atoms with van der Waals surface area (Å²) >= 11 is 5.76. The first kappa shape index (κ1) is 14.0. The fourth-order valence-electron chi connectivity index (χ4n) is 1.33. The van der Waals surface area contributed by atoms with Gasteiger partial charge in [0.05, 0.1) is 6.61 Å². The van der Waals surface area contributed by atoms with Crippen molar-refractivity contribution >= 4 is 17.4 Å². The van der Waals surface area contributed by atoms with Gasteiger partial charge in [0.15, 0.2) is 0 Å². The Balaban J connectivity index is 2.25. The van der Waals surface area contributed by atoms with Crippen molar-refractivity contribution in [2.24, 2.45) is 5.41 Å². The molecule has 0 fully saturated rings. The molecule has 0 atom stereocenters. The molecule has 3 heteroatoms. The number of halogens is 1. The zero-order chi connectivity index (χ0) is 12.9. The molecule has 17 heavy (non-hydrogen) atoms. The average molecular weight is 255 g/mol. The van der Waals surface area contributed by atoms with E-state index in [9.17, 15) is 4.79 Å². The first-order valence-corrected chi connectivity index (χ1v) is 6.19. The molecule has 0 unspecified atom stereocenters. The van der Waals surface area contributed by atoms with Crippen LogP contribution in [0.5, 0.6) is 5.75 Å². The maximum atomic E-state index is 11.6. The number of ether oxygens (including phenoxy) is 1. The Morgan fingerprint density at radius 2 is 1.82 bits per heavy atom. The molecule has 0 saturated carbocycles. The molecule has 1 aromatic carbocycles. The summed E-state index contributed by atoms with van der Waals surface area (Å²) in [6, 6.07) is 7.23. The summed E-state index contributed by atoms with van der Waals surface area (Å²) in [5, 5.41) is 0.695. The first-order valence-electron chi connectivity index (χ1n) is 5.81. The molecule has 0 aliphatic heterocycles. The van der Waals surface area contributed by atoms with Gasteiger partial charge in [0, 0.05) is 16.9 Å². The molecule has 94 valence electrons. The topological polar surface area (TPSA) is 26.3 Å². The Morgan fingerprint density at radius 1 is 1.24 bits per heavy atom. The van der Waals surface area contributed by atoms with Crippen molar-refractivity contribution in [3.63, 3.8) is 0 Å². The number of benzene rings is 1. The van der Waals surface area contributed by atoms with E-state index in [2.05, 4.69) is 0 Å². The van der Waals surface area contributed by atoms with E-state index in [-0.39, 0.29) is 11.2 Å². The Labute approximate surface area is 108 Å². The van der Waals surface area contributed by atoms with Gasteiger partial charge in [0.1, 0.15) is 11.5 Å². The van der Waals surface area contributed by atoms with Crippen molar-refractivity contribution in [1.29, 1.82) is 0 Å². The third kappa shape index (κ3) is 5.22.